The number of aliphatic hydroxyl groups is 1. The van der Waals surface area contributed by atoms with Gasteiger partial charge in [0.05, 0.1) is 26.4 Å². The summed E-state index contributed by atoms with van der Waals surface area (Å²) in [6.45, 7) is 7.11. The number of carbonyl (C=O) groups excluding carboxylic acids is 4. The lowest BCUT2D eigenvalue weighted by Gasteiger charge is -2.21. The standard InChI is InChI=1S/C66H124O17P2/c1-6-10-13-16-19-22-23-24-25-26-27-30-37-42-47-52-66(71)83-62(56-77-64(69)50-45-40-35-32-31-33-38-43-48-59(5)9-4)58-81-85(74,75)79-54-60(67)53-78-84(72,73)80-57-61(82-65(70)51-46-41-36-29-21-18-15-12-8-3)55-76-63(68)49-44-39-34-28-20-17-14-11-7-2/h22-25,59-62,67H,6-21,26-58H2,1-5H3,(H,72,73)(H,74,75)/b23-22-,25-24-/t59?,60-,61+,62+/m0/s1. The lowest BCUT2D eigenvalue weighted by Crippen LogP contribution is -2.30. The van der Waals surface area contributed by atoms with E-state index in [2.05, 4.69) is 58.9 Å². The van der Waals surface area contributed by atoms with Gasteiger partial charge in [-0.15, -0.1) is 0 Å². The second kappa shape index (κ2) is 59.2. The van der Waals surface area contributed by atoms with Crippen LogP contribution >= 0.6 is 15.6 Å². The molecule has 0 aromatic rings. The molecule has 3 unspecified atom stereocenters. The molecular weight excluding hydrogens is 1130 g/mol. The fourth-order valence-electron chi connectivity index (χ4n) is 9.36. The summed E-state index contributed by atoms with van der Waals surface area (Å²) < 4.78 is 68.0. The average molecular weight is 1250 g/mol. The fourth-order valence-corrected chi connectivity index (χ4v) is 10.9. The van der Waals surface area contributed by atoms with E-state index in [1.165, 1.54) is 122 Å². The Balaban J connectivity index is 5.27. The monoisotopic (exact) mass is 1250 g/mol. The maximum absolute atomic E-state index is 13.0. The third-order valence-corrected chi connectivity index (χ3v) is 16.9. The van der Waals surface area contributed by atoms with Gasteiger partial charge in [-0.05, 0) is 57.3 Å². The highest BCUT2D eigenvalue weighted by Gasteiger charge is 2.30. The van der Waals surface area contributed by atoms with Gasteiger partial charge in [0.15, 0.2) is 12.2 Å². The van der Waals surface area contributed by atoms with E-state index in [9.17, 15) is 43.2 Å². The molecule has 0 aromatic heterocycles. The van der Waals surface area contributed by atoms with Crippen molar-refractivity contribution in [2.24, 2.45) is 5.92 Å². The number of hydrogen-bond acceptors (Lipinski definition) is 15. The van der Waals surface area contributed by atoms with E-state index in [1.54, 1.807) is 0 Å². The van der Waals surface area contributed by atoms with Crippen LogP contribution in [-0.2, 0) is 65.4 Å². The smallest absolute Gasteiger partial charge is 0.462 e. The molecule has 0 rings (SSSR count). The molecule has 0 amide bonds. The van der Waals surface area contributed by atoms with Crippen LogP contribution in [-0.4, -0.2) is 96.7 Å². The highest BCUT2D eigenvalue weighted by Crippen LogP contribution is 2.45. The Kier molecular flexibility index (Phi) is 57.5. The van der Waals surface area contributed by atoms with E-state index >= 15 is 0 Å². The van der Waals surface area contributed by atoms with Gasteiger partial charge >= 0.3 is 39.5 Å². The van der Waals surface area contributed by atoms with Gasteiger partial charge < -0.3 is 33.8 Å². The minimum Gasteiger partial charge on any atom is -0.462 e. The van der Waals surface area contributed by atoms with Gasteiger partial charge in [0.2, 0.25) is 0 Å². The third kappa shape index (κ3) is 59.0. The van der Waals surface area contributed by atoms with Gasteiger partial charge in [0, 0.05) is 25.7 Å². The van der Waals surface area contributed by atoms with Gasteiger partial charge in [-0.25, -0.2) is 9.13 Å². The minimum absolute atomic E-state index is 0.0846. The predicted molar refractivity (Wildman–Crippen MR) is 340 cm³/mol. The first-order valence-electron chi connectivity index (χ1n) is 34.0. The van der Waals surface area contributed by atoms with Crippen LogP contribution in [0.4, 0.5) is 0 Å². The molecule has 500 valence electrons. The van der Waals surface area contributed by atoms with E-state index in [0.717, 1.165) is 109 Å². The lowest BCUT2D eigenvalue weighted by molar-refractivity contribution is -0.161. The van der Waals surface area contributed by atoms with Crippen LogP contribution in [0.5, 0.6) is 0 Å². The number of ether oxygens (including phenoxy) is 4. The molecule has 0 aromatic carbocycles. The summed E-state index contributed by atoms with van der Waals surface area (Å²) in [5, 5.41) is 10.5. The molecule has 3 N–H and O–H groups in total. The molecule has 19 heteroatoms. The number of carbonyl (C=O) groups is 4. The van der Waals surface area contributed by atoms with Crippen molar-refractivity contribution in [3.8, 4) is 0 Å². The molecule has 0 spiro atoms. The average Bonchev–Trinajstić information content (AvgIpc) is 3.62. The van der Waals surface area contributed by atoms with Gasteiger partial charge in [-0.2, -0.15) is 0 Å². The molecule has 0 aliphatic heterocycles. The van der Waals surface area contributed by atoms with Crippen molar-refractivity contribution in [1.29, 1.82) is 0 Å². The van der Waals surface area contributed by atoms with Gasteiger partial charge in [-0.3, -0.25) is 37.3 Å². The Morgan fingerprint density at radius 3 is 1.00 bits per heavy atom. The molecule has 0 radical (unpaired) electrons. The van der Waals surface area contributed by atoms with Crippen molar-refractivity contribution < 1.29 is 80.2 Å². The quantitative estimate of drug-likeness (QED) is 0.0169. The van der Waals surface area contributed by atoms with E-state index in [-0.39, 0.29) is 25.7 Å². The van der Waals surface area contributed by atoms with Crippen LogP contribution in [0.1, 0.15) is 311 Å². The molecule has 6 atom stereocenters. The summed E-state index contributed by atoms with van der Waals surface area (Å²) in [5.41, 5.74) is 0. The molecule has 0 fully saturated rings. The summed E-state index contributed by atoms with van der Waals surface area (Å²) in [5.74, 6) is -1.39. The number of rotatable bonds is 64. The first kappa shape index (κ1) is 82.5. The van der Waals surface area contributed by atoms with Crippen LogP contribution in [0.3, 0.4) is 0 Å². The van der Waals surface area contributed by atoms with E-state index in [1.807, 2.05) is 0 Å². The number of unbranched alkanes of at least 4 members (excludes halogenated alkanes) is 32. The van der Waals surface area contributed by atoms with Crippen molar-refractivity contribution in [1.82, 2.24) is 0 Å². The number of esters is 4. The Hall–Kier alpha value is -2.46. The Morgan fingerprint density at radius 2 is 0.659 bits per heavy atom. The molecule has 0 saturated carbocycles. The van der Waals surface area contributed by atoms with Crippen molar-refractivity contribution in [3.05, 3.63) is 24.3 Å². The molecule has 17 nitrogen and oxygen atoms in total. The van der Waals surface area contributed by atoms with Crippen LogP contribution < -0.4 is 0 Å². The summed E-state index contributed by atoms with van der Waals surface area (Å²) in [6, 6.07) is 0. The van der Waals surface area contributed by atoms with Crippen molar-refractivity contribution in [2.45, 2.75) is 329 Å². The Bertz CT molecular complexity index is 1750. The van der Waals surface area contributed by atoms with Crippen LogP contribution in [0.2, 0.25) is 0 Å². The molecule has 0 bridgehead atoms. The molecule has 0 aliphatic rings. The second-order valence-corrected chi connectivity index (χ2v) is 26.3. The highest BCUT2D eigenvalue weighted by atomic mass is 31.2. The van der Waals surface area contributed by atoms with Crippen molar-refractivity contribution >= 4 is 39.5 Å². The zero-order valence-electron chi connectivity index (χ0n) is 54.2. The van der Waals surface area contributed by atoms with E-state index in [0.29, 0.717) is 25.7 Å². The summed E-state index contributed by atoms with van der Waals surface area (Å²) in [4.78, 5) is 72.2. The molecule has 0 heterocycles. The van der Waals surface area contributed by atoms with Gasteiger partial charge in [-0.1, -0.05) is 258 Å². The summed E-state index contributed by atoms with van der Waals surface area (Å²) in [7, 11) is -9.90. The summed E-state index contributed by atoms with van der Waals surface area (Å²) in [6.07, 6.45) is 46.6. The number of allylic oxidation sites excluding steroid dienone is 4. The fraction of sp³-hybridized carbons (Fsp3) is 0.879. The minimum atomic E-state index is -4.95. The normalized spacial score (nSPS) is 14.7. The first-order chi connectivity index (χ1) is 41.1. The summed E-state index contributed by atoms with van der Waals surface area (Å²) >= 11 is 0. The zero-order chi connectivity index (χ0) is 62.8. The number of hydrogen-bond donors (Lipinski definition) is 3. The van der Waals surface area contributed by atoms with Gasteiger partial charge in [0.25, 0.3) is 0 Å². The SMILES string of the molecule is CCCCCC/C=C\C=C/CCCCCCCC(=O)O[C@H](COC(=O)CCCCCCCCCCC(C)CC)COP(=O)(O)OC[C@@H](O)COP(=O)(O)OC[C@@H](COC(=O)CCCCCCCCCCC)OC(=O)CCCCCCCCCCC. The lowest BCUT2D eigenvalue weighted by atomic mass is 9.99. The van der Waals surface area contributed by atoms with Crippen LogP contribution in [0.25, 0.3) is 0 Å². The zero-order valence-corrected chi connectivity index (χ0v) is 56.0. The maximum atomic E-state index is 13.0. The number of aliphatic hydroxyl groups excluding tert-OH is 1. The topological polar surface area (TPSA) is 237 Å². The van der Waals surface area contributed by atoms with E-state index < -0.39 is 97.5 Å². The number of phosphoric ester groups is 2. The maximum Gasteiger partial charge on any atom is 0.472 e. The second-order valence-electron chi connectivity index (χ2n) is 23.4. The molecule has 0 saturated heterocycles. The molecular formula is C66H124O17P2. The third-order valence-electron chi connectivity index (χ3n) is 15.0. The molecule has 0 aliphatic carbocycles. The Morgan fingerprint density at radius 1 is 0.376 bits per heavy atom. The van der Waals surface area contributed by atoms with E-state index in [4.69, 9.17) is 37.0 Å². The van der Waals surface area contributed by atoms with Crippen molar-refractivity contribution in [3.63, 3.8) is 0 Å². The van der Waals surface area contributed by atoms with Crippen LogP contribution in [0, 0.1) is 5.92 Å². The number of phosphoric acid groups is 2. The highest BCUT2D eigenvalue weighted by molar-refractivity contribution is 7.47. The molecule has 85 heavy (non-hydrogen) atoms. The largest absolute Gasteiger partial charge is 0.472 e. The van der Waals surface area contributed by atoms with Crippen LogP contribution in [0.15, 0.2) is 24.3 Å². The van der Waals surface area contributed by atoms with Crippen molar-refractivity contribution in [2.75, 3.05) is 39.6 Å². The van der Waals surface area contributed by atoms with Gasteiger partial charge in [0.1, 0.15) is 19.3 Å². The Labute approximate surface area is 516 Å². The predicted octanol–water partition coefficient (Wildman–Crippen LogP) is 18.1. The first-order valence-corrected chi connectivity index (χ1v) is 37.0.